The van der Waals surface area contributed by atoms with E-state index >= 15 is 0 Å². The van der Waals surface area contributed by atoms with E-state index in [1.54, 1.807) is 25.2 Å². The third-order valence-corrected chi connectivity index (χ3v) is 2.38. The zero-order chi connectivity index (χ0) is 16.3. The number of rotatable bonds is 6. The lowest BCUT2D eigenvalue weighted by Crippen LogP contribution is -2.18. The van der Waals surface area contributed by atoms with Gasteiger partial charge in [0.15, 0.2) is 0 Å². The highest BCUT2D eigenvalue weighted by Crippen LogP contribution is 2.12. The Bertz CT molecular complexity index is 438. The Labute approximate surface area is 126 Å². The SMILES string of the molecule is CC(C)(C)OC=O.CNCC(=O)CCc1cccc(O)c1. The number of nitrogens with one attached hydrogen (secondary N) is 1. The molecule has 5 nitrogen and oxygen atoms in total. The fourth-order valence-electron chi connectivity index (χ4n) is 1.43. The van der Waals surface area contributed by atoms with Crippen LogP contribution in [0.5, 0.6) is 5.75 Å². The third-order valence-electron chi connectivity index (χ3n) is 2.38. The average Bonchev–Trinajstić information content (AvgIpc) is 2.36. The van der Waals surface area contributed by atoms with Crippen LogP contribution in [0.15, 0.2) is 24.3 Å². The van der Waals surface area contributed by atoms with Crippen LogP contribution < -0.4 is 5.32 Å². The summed E-state index contributed by atoms with van der Waals surface area (Å²) in [7, 11) is 1.76. The second-order valence-electron chi connectivity index (χ2n) is 5.57. The molecule has 1 rings (SSSR count). The van der Waals surface area contributed by atoms with E-state index in [9.17, 15) is 14.7 Å². The van der Waals surface area contributed by atoms with E-state index in [4.69, 9.17) is 0 Å². The Balaban J connectivity index is 0.000000486. The highest BCUT2D eigenvalue weighted by atomic mass is 16.5. The van der Waals surface area contributed by atoms with Crippen LogP contribution >= 0.6 is 0 Å². The van der Waals surface area contributed by atoms with Gasteiger partial charge in [-0.15, -0.1) is 0 Å². The first-order valence-electron chi connectivity index (χ1n) is 6.84. The summed E-state index contributed by atoms with van der Waals surface area (Å²) in [6.07, 6.45) is 1.21. The Morgan fingerprint density at radius 2 is 2.05 bits per heavy atom. The molecule has 0 aliphatic carbocycles. The normalized spacial score (nSPS) is 10.3. The lowest BCUT2D eigenvalue weighted by Gasteiger charge is -2.14. The second-order valence-corrected chi connectivity index (χ2v) is 5.57. The number of ether oxygens (including phenoxy) is 1. The molecule has 0 heterocycles. The number of ketones is 1. The zero-order valence-electron chi connectivity index (χ0n) is 13.2. The highest BCUT2D eigenvalue weighted by molar-refractivity contribution is 5.80. The number of benzene rings is 1. The molecule has 0 spiro atoms. The van der Waals surface area contributed by atoms with Gasteiger partial charge in [-0.05, 0) is 51.9 Å². The minimum absolute atomic E-state index is 0.191. The summed E-state index contributed by atoms with van der Waals surface area (Å²) < 4.78 is 4.55. The number of Topliss-reactive ketones (excluding diaryl/α,β-unsaturated/α-hetero) is 1. The van der Waals surface area contributed by atoms with E-state index in [0.29, 0.717) is 25.9 Å². The van der Waals surface area contributed by atoms with Crippen molar-refractivity contribution in [1.82, 2.24) is 5.32 Å². The van der Waals surface area contributed by atoms with Crippen molar-refractivity contribution in [2.45, 2.75) is 39.2 Å². The molecule has 21 heavy (non-hydrogen) atoms. The summed E-state index contributed by atoms with van der Waals surface area (Å²) in [6, 6.07) is 7.01. The van der Waals surface area contributed by atoms with Gasteiger partial charge in [0, 0.05) is 6.42 Å². The predicted octanol–water partition coefficient (Wildman–Crippen LogP) is 2.07. The summed E-state index contributed by atoms with van der Waals surface area (Å²) in [6.45, 7) is 6.34. The minimum atomic E-state index is -0.318. The van der Waals surface area contributed by atoms with Crippen LogP contribution in [0.25, 0.3) is 0 Å². The fourth-order valence-corrected chi connectivity index (χ4v) is 1.43. The number of carbonyl (C=O) groups is 2. The number of phenolic OH excluding ortho intramolecular Hbond substituents is 1. The number of hydrogen-bond donors (Lipinski definition) is 2. The maximum absolute atomic E-state index is 11.2. The first-order chi connectivity index (χ1) is 9.78. The molecule has 0 saturated heterocycles. The number of aryl methyl sites for hydroxylation is 1. The molecule has 118 valence electrons. The lowest BCUT2D eigenvalue weighted by molar-refractivity contribution is -0.138. The van der Waals surface area contributed by atoms with Crippen molar-refractivity contribution in [1.29, 1.82) is 0 Å². The molecule has 2 N–H and O–H groups in total. The van der Waals surface area contributed by atoms with Gasteiger partial charge in [0.25, 0.3) is 6.47 Å². The molecule has 0 aliphatic rings. The molecule has 1 aromatic carbocycles. The molecule has 0 radical (unpaired) electrons. The summed E-state index contributed by atoms with van der Waals surface area (Å²) in [5, 5.41) is 12.0. The van der Waals surface area contributed by atoms with Gasteiger partial charge in [-0.1, -0.05) is 12.1 Å². The number of carbonyl (C=O) groups excluding carboxylic acids is 2. The summed E-state index contributed by atoms with van der Waals surface area (Å²) in [5.74, 6) is 0.444. The number of hydrogen-bond acceptors (Lipinski definition) is 5. The monoisotopic (exact) mass is 295 g/mol. The summed E-state index contributed by atoms with van der Waals surface area (Å²) >= 11 is 0. The van der Waals surface area contributed by atoms with E-state index in [2.05, 4.69) is 10.1 Å². The molecule has 5 heteroatoms. The maximum Gasteiger partial charge on any atom is 0.293 e. The summed E-state index contributed by atoms with van der Waals surface area (Å²) in [4.78, 5) is 20.8. The van der Waals surface area contributed by atoms with Gasteiger partial charge in [-0.2, -0.15) is 0 Å². The highest BCUT2D eigenvalue weighted by Gasteiger charge is 2.07. The van der Waals surface area contributed by atoms with Crippen LogP contribution in [-0.4, -0.2) is 36.6 Å². The molecule has 0 saturated carbocycles. The third kappa shape index (κ3) is 11.6. The minimum Gasteiger partial charge on any atom is -0.508 e. The van der Waals surface area contributed by atoms with E-state index in [1.165, 1.54) is 0 Å². The van der Waals surface area contributed by atoms with Crippen molar-refractivity contribution in [3.8, 4) is 5.75 Å². The largest absolute Gasteiger partial charge is 0.508 e. The van der Waals surface area contributed by atoms with Gasteiger partial charge >= 0.3 is 0 Å². The Kier molecular flexibility index (Phi) is 9.05. The van der Waals surface area contributed by atoms with Crippen molar-refractivity contribution in [3.63, 3.8) is 0 Å². The molecule has 0 fully saturated rings. The maximum atomic E-state index is 11.2. The first-order valence-corrected chi connectivity index (χ1v) is 6.84. The van der Waals surface area contributed by atoms with E-state index in [0.717, 1.165) is 5.56 Å². The molecular weight excluding hydrogens is 270 g/mol. The molecule has 0 amide bonds. The van der Waals surface area contributed by atoms with Crippen molar-refractivity contribution in [3.05, 3.63) is 29.8 Å². The number of phenols is 1. The average molecular weight is 295 g/mol. The Morgan fingerprint density at radius 1 is 1.38 bits per heavy atom. The number of likely N-dealkylation sites (N-methyl/N-ethyl adjacent to an activating group) is 1. The molecule has 0 unspecified atom stereocenters. The zero-order valence-corrected chi connectivity index (χ0v) is 13.2. The van der Waals surface area contributed by atoms with Crippen LogP contribution in [0.3, 0.4) is 0 Å². The van der Waals surface area contributed by atoms with Gasteiger partial charge in [-0.25, -0.2) is 0 Å². The lowest BCUT2D eigenvalue weighted by atomic mass is 10.1. The predicted molar refractivity (Wildman–Crippen MR) is 82.3 cm³/mol. The molecule has 0 aliphatic heterocycles. The first kappa shape index (κ1) is 19.1. The van der Waals surface area contributed by atoms with Gasteiger partial charge in [0.05, 0.1) is 6.54 Å². The smallest absolute Gasteiger partial charge is 0.293 e. The quantitative estimate of drug-likeness (QED) is 0.786. The second kappa shape index (κ2) is 9.94. The molecule has 1 aromatic rings. The topological polar surface area (TPSA) is 75.6 Å². The van der Waals surface area contributed by atoms with Crippen molar-refractivity contribution < 1.29 is 19.4 Å². The Hall–Kier alpha value is -1.88. The van der Waals surface area contributed by atoms with E-state index in [1.807, 2.05) is 26.8 Å². The summed E-state index contributed by atoms with van der Waals surface area (Å²) in [5.41, 5.74) is 0.677. The number of aromatic hydroxyl groups is 1. The van der Waals surface area contributed by atoms with Crippen LogP contribution in [-0.2, 0) is 20.7 Å². The van der Waals surface area contributed by atoms with Crippen molar-refractivity contribution in [2.75, 3.05) is 13.6 Å². The van der Waals surface area contributed by atoms with Crippen molar-refractivity contribution in [2.24, 2.45) is 0 Å². The van der Waals surface area contributed by atoms with E-state index in [-0.39, 0.29) is 17.1 Å². The van der Waals surface area contributed by atoms with Gasteiger partial charge in [-0.3, -0.25) is 9.59 Å². The van der Waals surface area contributed by atoms with Gasteiger partial charge < -0.3 is 15.2 Å². The van der Waals surface area contributed by atoms with Gasteiger partial charge in [0.1, 0.15) is 17.1 Å². The van der Waals surface area contributed by atoms with E-state index < -0.39 is 0 Å². The molecule has 0 atom stereocenters. The Morgan fingerprint density at radius 3 is 2.48 bits per heavy atom. The molecule has 0 bridgehead atoms. The standard InChI is InChI=1S/C11H15NO2.C5H10O2/c1-12-8-11(14)6-5-9-3-2-4-10(13)7-9;1-5(2,3)7-4-6/h2-4,7,12-13H,5-6,8H2,1H3;4H,1-3H3. The van der Waals surface area contributed by atoms with Crippen LogP contribution in [0.2, 0.25) is 0 Å². The van der Waals surface area contributed by atoms with Crippen LogP contribution in [0.4, 0.5) is 0 Å². The molecular formula is C16H25NO4. The van der Waals surface area contributed by atoms with Crippen LogP contribution in [0.1, 0.15) is 32.8 Å². The molecule has 0 aromatic heterocycles. The van der Waals surface area contributed by atoms with Gasteiger partial charge in [0.2, 0.25) is 0 Å². The van der Waals surface area contributed by atoms with Crippen LogP contribution in [0, 0.1) is 0 Å². The fraction of sp³-hybridized carbons (Fsp3) is 0.500. The van der Waals surface area contributed by atoms with Crippen molar-refractivity contribution >= 4 is 12.3 Å².